The third-order valence-corrected chi connectivity index (χ3v) is 2.82. The predicted octanol–water partition coefficient (Wildman–Crippen LogP) is 2.41. The second-order valence-corrected chi connectivity index (χ2v) is 4.30. The van der Waals surface area contributed by atoms with Gasteiger partial charge in [0.1, 0.15) is 5.75 Å². The molecule has 0 atom stereocenters. The summed E-state index contributed by atoms with van der Waals surface area (Å²) in [6, 6.07) is 6.33. The molecule has 13 heavy (non-hydrogen) atoms. The van der Waals surface area contributed by atoms with Crippen LogP contribution in [-0.4, -0.2) is 11.1 Å². The Labute approximate surface area is 86.1 Å². The van der Waals surface area contributed by atoms with Crippen LogP contribution in [0, 0.1) is 0 Å². The number of hydrogen-bond donors (Lipinski definition) is 2. The van der Waals surface area contributed by atoms with Crippen LogP contribution >= 0.6 is 15.9 Å². The summed E-state index contributed by atoms with van der Waals surface area (Å²) in [6.45, 7) is 0.892. The fourth-order valence-corrected chi connectivity index (χ4v) is 1.64. The van der Waals surface area contributed by atoms with Crippen molar-refractivity contribution in [2.75, 3.05) is 0 Å². The lowest BCUT2D eigenvalue weighted by atomic mass is 10.2. The first-order valence-electron chi connectivity index (χ1n) is 4.46. The summed E-state index contributed by atoms with van der Waals surface area (Å²) in [5, 5.41) is 12.7. The predicted molar refractivity (Wildman–Crippen MR) is 55.7 cm³/mol. The molecule has 2 rings (SSSR count). The van der Waals surface area contributed by atoms with E-state index in [0.29, 0.717) is 5.75 Å². The number of halogens is 1. The molecule has 0 unspecified atom stereocenters. The third kappa shape index (κ3) is 2.45. The molecule has 0 aliphatic heterocycles. The Kier molecular flexibility index (Phi) is 2.56. The molecule has 0 bridgehead atoms. The molecule has 1 fully saturated rings. The van der Waals surface area contributed by atoms with Crippen molar-refractivity contribution < 1.29 is 5.11 Å². The van der Waals surface area contributed by atoms with Crippen LogP contribution in [0.2, 0.25) is 0 Å². The number of rotatable bonds is 3. The molecule has 1 saturated carbocycles. The normalized spacial score (nSPS) is 16.1. The van der Waals surface area contributed by atoms with Gasteiger partial charge in [0.25, 0.3) is 0 Å². The molecule has 2 N–H and O–H groups in total. The molecule has 0 spiro atoms. The van der Waals surface area contributed by atoms with Crippen molar-refractivity contribution >= 4 is 15.9 Å². The van der Waals surface area contributed by atoms with Crippen LogP contribution in [0.3, 0.4) is 0 Å². The van der Waals surface area contributed by atoms with Gasteiger partial charge in [0.15, 0.2) is 0 Å². The maximum atomic E-state index is 9.27. The minimum absolute atomic E-state index is 0.301. The third-order valence-electron chi connectivity index (χ3n) is 2.18. The van der Waals surface area contributed by atoms with Crippen molar-refractivity contribution in [1.82, 2.24) is 5.32 Å². The van der Waals surface area contributed by atoms with Crippen LogP contribution in [-0.2, 0) is 6.54 Å². The number of phenols is 1. The highest BCUT2D eigenvalue weighted by Crippen LogP contribution is 2.25. The molecule has 1 aliphatic carbocycles. The standard InChI is InChI=1S/C10H12BrNO/c11-9-5-7(1-4-10(9)13)6-12-8-2-3-8/h1,4-5,8,12-13H,2-3,6H2. The van der Waals surface area contributed by atoms with E-state index in [1.54, 1.807) is 6.07 Å². The quantitative estimate of drug-likeness (QED) is 0.853. The molecule has 0 aromatic heterocycles. The highest BCUT2D eigenvalue weighted by atomic mass is 79.9. The first-order chi connectivity index (χ1) is 6.25. The number of hydrogen-bond acceptors (Lipinski definition) is 2. The monoisotopic (exact) mass is 241 g/mol. The van der Waals surface area contributed by atoms with Gasteiger partial charge in [-0.15, -0.1) is 0 Å². The maximum Gasteiger partial charge on any atom is 0.129 e. The Balaban J connectivity index is 1.98. The molecule has 1 aromatic rings. The summed E-state index contributed by atoms with van der Waals surface area (Å²) in [7, 11) is 0. The van der Waals surface area contributed by atoms with Crippen molar-refractivity contribution in [3.05, 3.63) is 28.2 Å². The van der Waals surface area contributed by atoms with E-state index in [1.807, 2.05) is 12.1 Å². The van der Waals surface area contributed by atoms with Crippen molar-refractivity contribution in [3.63, 3.8) is 0 Å². The second kappa shape index (κ2) is 3.68. The van der Waals surface area contributed by atoms with E-state index in [4.69, 9.17) is 0 Å². The Morgan fingerprint density at radius 1 is 1.46 bits per heavy atom. The zero-order chi connectivity index (χ0) is 9.26. The SMILES string of the molecule is Oc1ccc(CNC2CC2)cc1Br. The lowest BCUT2D eigenvalue weighted by molar-refractivity contribution is 0.471. The van der Waals surface area contributed by atoms with E-state index in [0.717, 1.165) is 17.1 Å². The Bertz CT molecular complexity index is 310. The second-order valence-electron chi connectivity index (χ2n) is 3.44. The number of benzene rings is 1. The van der Waals surface area contributed by atoms with E-state index in [-0.39, 0.29) is 0 Å². The summed E-state index contributed by atoms with van der Waals surface area (Å²) in [4.78, 5) is 0. The lowest BCUT2D eigenvalue weighted by Gasteiger charge is -2.04. The van der Waals surface area contributed by atoms with Gasteiger partial charge in [0, 0.05) is 12.6 Å². The molecular formula is C10H12BrNO. The zero-order valence-electron chi connectivity index (χ0n) is 7.26. The van der Waals surface area contributed by atoms with Crippen molar-refractivity contribution in [3.8, 4) is 5.75 Å². The van der Waals surface area contributed by atoms with E-state index in [2.05, 4.69) is 21.2 Å². The minimum Gasteiger partial charge on any atom is -0.507 e. The summed E-state index contributed by atoms with van der Waals surface area (Å²) in [5.74, 6) is 0.301. The lowest BCUT2D eigenvalue weighted by Crippen LogP contribution is -2.15. The molecule has 0 radical (unpaired) electrons. The van der Waals surface area contributed by atoms with Gasteiger partial charge in [-0.05, 0) is 46.5 Å². The van der Waals surface area contributed by atoms with Gasteiger partial charge >= 0.3 is 0 Å². The molecule has 0 saturated heterocycles. The van der Waals surface area contributed by atoms with Gasteiger partial charge in [0.2, 0.25) is 0 Å². The topological polar surface area (TPSA) is 32.3 Å². The molecule has 3 heteroatoms. The van der Waals surface area contributed by atoms with Gasteiger partial charge in [-0.3, -0.25) is 0 Å². The first-order valence-corrected chi connectivity index (χ1v) is 5.26. The molecular weight excluding hydrogens is 230 g/mol. The average molecular weight is 242 g/mol. The average Bonchev–Trinajstić information content (AvgIpc) is 2.91. The smallest absolute Gasteiger partial charge is 0.129 e. The number of nitrogens with one attached hydrogen (secondary N) is 1. The van der Waals surface area contributed by atoms with Crippen molar-refractivity contribution in [2.45, 2.75) is 25.4 Å². The summed E-state index contributed by atoms with van der Waals surface area (Å²) in [6.07, 6.45) is 2.61. The van der Waals surface area contributed by atoms with Gasteiger partial charge in [-0.1, -0.05) is 6.07 Å². The zero-order valence-corrected chi connectivity index (χ0v) is 8.84. The van der Waals surface area contributed by atoms with Crippen LogP contribution in [0.4, 0.5) is 0 Å². The molecule has 0 amide bonds. The van der Waals surface area contributed by atoms with Crippen molar-refractivity contribution in [1.29, 1.82) is 0 Å². The molecule has 0 heterocycles. The van der Waals surface area contributed by atoms with Crippen LogP contribution in [0.15, 0.2) is 22.7 Å². The fourth-order valence-electron chi connectivity index (χ4n) is 1.21. The highest BCUT2D eigenvalue weighted by molar-refractivity contribution is 9.10. The summed E-state index contributed by atoms with van der Waals surface area (Å²) >= 11 is 3.29. The van der Waals surface area contributed by atoms with Gasteiger partial charge < -0.3 is 10.4 Å². The van der Waals surface area contributed by atoms with Gasteiger partial charge in [-0.2, -0.15) is 0 Å². The van der Waals surface area contributed by atoms with E-state index < -0.39 is 0 Å². The largest absolute Gasteiger partial charge is 0.507 e. The highest BCUT2D eigenvalue weighted by Gasteiger charge is 2.19. The molecule has 2 nitrogen and oxygen atoms in total. The van der Waals surface area contributed by atoms with E-state index in [1.165, 1.54) is 18.4 Å². The van der Waals surface area contributed by atoms with E-state index >= 15 is 0 Å². The summed E-state index contributed by atoms with van der Waals surface area (Å²) < 4.78 is 0.766. The minimum atomic E-state index is 0.301. The molecule has 1 aliphatic rings. The Morgan fingerprint density at radius 2 is 2.23 bits per heavy atom. The first kappa shape index (κ1) is 9.03. The van der Waals surface area contributed by atoms with Crippen LogP contribution in [0.1, 0.15) is 18.4 Å². The maximum absolute atomic E-state index is 9.27. The molecule has 1 aromatic carbocycles. The number of aromatic hydroxyl groups is 1. The Morgan fingerprint density at radius 3 is 2.85 bits per heavy atom. The summed E-state index contributed by atoms with van der Waals surface area (Å²) in [5.41, 5.74) is 1.21. The van der Waals surface area contributed by atoms with Gasteiger partial charge in [-0.25, -0.2) is 0 Å². The van der Waals surface area contributed by atoms with Gasteiger partial charge in [0.05, 0.1) is 4.47 Å². The van der Waals surface area contributed by atoms with Crippen LogP contribution < -0.4 is 5.32 Å². The molecule has 70 valence electrons. The van der Waals surface area contributed by atoms with Crippen molar-refractivity contribution in [2.24, 2.45) is 0 Å². The van der Waals surface area contributed by atoms with Crippen LogP contribution in [0.5, 0.6) is 5.75 Å². The van der Waals surface area contributed by atoms with E-state index in [9.17, 15) is 5.11 Å². The Hall–Kier alpha value is -0.540. The number of phenolic OH excluding ortho intramolecular Hbond substituents is 1. The fraction of sp³-hybridized carbons (Fsp3) is 0.400. The van der Waals surface area contributed by atoms with Crippen LogP contribution in [0.25, 0.3) is 0 Å².